The Labute approximate surface area is 166 Å². The van der Waals surface area contributed by atoms with Gasteiger partial charge in [-0.05, 0) is 76.5 Å². The van der Waals surface area contributed by atoms with Gasteiger partial charge in [0.05, 0.1) is 10.9 Å². The predicted octanol–water partition coefficient (Wildman–Crippen LogP) is 5.07. The van der Waals surface area contributed by atoms with Crippen molar-refractivity contribution in [2.24, 2.45) is 0 Å². The molecule has 0 bridgehead atoms. The molecule has 0 spiro atoms. The largest absolute Gasteiger partial charge is 0.336 e. The van der Waals surface area contributed by atoms with E-state index in [0.29, 0.717) is 3.95 Å². The van der Waals surface area contributed by atoms with Gasteiger partial charge in [-0.15, -0.1) is 5.10 Å². The van der Waals surface area contributed by atoms with E-state index in [0.717, 1.165) is 22.9 Å². The lowest BCUT2D eigenvalue weighted by molar-refractivity contribution is -0.136. The fraction of sp³-hybridized carbons (Fsp3) is 0.500. The number of amides is 1. The Morgan fingerprint density at radius 1 is 1.31 bits per heavy atom. The van der Waals surface area contributed by atoms with Gasteiger partial charge in [-0.1, -0.05) is 23.1 Å². The summed E-state index contributed by atoms with van der Waals surface area (Å²) in [4.78, 5) is 15.0. The predicted molar refractivity (Wildman–Crippen MR) is 107 cm³/mol. The average Bonchev–Trinajstić information content (AvgIpc) is 2.95. The number of aromatic nitrogens is 2. The maximum atomic E-state index is 13.1. The van der Waals surface area contributed by atoms with Crippen LogP contribution in [0.15, 0.2) is 28.6 Å². The fourth-order valence-electron chi connectivity index (χ4n) is 3.32. The third kappa shape index (κ3) is 4.18. The minimum Gasteiger partial charge on any atom is -0.336 e. The van der Waals surface area contributed by atoms with Crippen molar-refractivity contribution in [1.82, 2.24) is 14.7 Å². The van der Waals surface area contributed by atoms with Crippen molar-refractivity contribution >= 4 is 41.2 Å². The molecule has 0 N–H and O–H groups in total. The number of hydrogen-bond acceptors (Lipinski definition) is 5. The molecule has 8 heteroatoms. The van der Waals surface area contributed by atoms with Crippen LogP contribution in [0.2, 0.25) is 0 Å². The Balaban J connectivity index is 1.74. The van der Waals surface area contributed by atoms with Crippen molar-refractivity contribution in [1.29, 1.82) is 0 Å². The minimum absolute atomic E-state index is 0.157. The maximum Gasteiger partial charge on any atom is 0.236 e. The highest BCUT2D eigenvalue weighted by molar-refractivity contribution is 8.02. The number of nitrogens with zero attached hydrogens (tertiary/aromatic N) is 3. The molecule has 3 atom stereocenters. The lowest BCUT2D eigenvalue weighted by Gasteiger charge is -2.40. The van der Waals surface area contributed by atoms with Gasteiger partial charge in [0.25, 0.3) is 0 Å². The van der Waals surface area contributed by atoms with E-state index in [1.54, 1.807) is 16.8 Å². The summed E-state index contributed by atoms with van der Waals surface area (Å²) >= 11 is 8.19. The highest BCUT2D eigenvalue weighted by Gasteiger charge is 2.32. The van der Waals surface area contributed by atoms with Crippen LogP contribution >= 0.6 is 35.3 Å². The summed E-state index contributed by atoms with van der Waals surface area (Å²) in [6.45, 7) is 6.17. The van der Waals surface area contributed by atoms with Crippen molar-refractivity contribution in [3.8, 4) is 5.69 Å². The van der Waals surface area contributed by atoms with Gasteiger partial charge in [0, 0.05) is 12.1 Å². The van der Waals surface area contributed by atoms with Crippen molar-refractivity contribution in [2.45, 2.75) is 61.7 Å². The van der Waals surface area contributed by atoms with Gasteiger partial charge in [-0.25, -0.2) is 9.07 Å². The molecule has 2 heterocycles. The molecule has 1 aromatic heterocycles. The summed E-state index contributed by atoms with van der Waals surface area (Å²) in [6, 6.07) is 6.62. The second-order valence-corrected chi connectivity index (χ2v) is 9.87. The van der Waals surface area contributed by atoms with E-state index in [1.807, 2.05) is 11.8 Å². The fourth-order valence-corrected chi connectivity index (χ4v) is 5.88. The summed E-state index contributed by atoms with van der Waals surface area (Å²) in [5.41, 5.74) is 0.719. The normalized spacial score (nSPS) is 21.6. The zero-order valence-electron chi connectivity index (χ0n) is 15.0. The molecule has 0 aliphatic carbocycles. The van der Waals surface area contributed by atoms with Crippen LogP contribution in [0.3, 0.4) is 0 Å². The van der Waals surface area contributed by atoms with Gasteiger partial charge < -0.3 is 4.90 Å². The molecule has 1 amide bonds. The monoisotopic (exact) mass is 411 g/mol. The molecule has 4 nitrogen and oxygen atoms in total. The van der Waals surface area contributed by atoms with E-state index in [9.17, 15) is 9.18 Å². The van der Waals surface area contributed by atoms with Gasteiger partial charge in [-0.2, -0.15) is 0 Å². The molecule has 26 heavy (non-hydrogen) atoms. The molecule has 0 unspecified atom stereocenters. The standard InChI is InChI=1S/C18H22FN3OS3/c1-11-5-4-6-12(2)21(11)16(23)13(3)25-17-20-22(18(24)26-17)15-9-7-14(19)8-10-15/h7-13H,4-6H2,1-3H3/t11-,12+,13-/m1/s1. The van der Waals surface area contributed by atoms with Gasteiger partial charge in [0.15, 0.2) is 8.29 Å². The summed E-state index contributed by atoms with van der Waals surface area (Å²) < 4.78 is 16.1. The molecule has 140 valence electrons. The smallest absolute Gasteiger partial charge is 0.236 e. The molecule has 0 radical (unpaired) electrons. The number of carbonyl (C=O) groups is 1. The molecular weight excluding hydrogens is 389 g/mol. The summed E-state index contributed by atoms with van der Waals surface area (Å²) in [6.07, 6.45) is 3.30. The number of halogens is 1. The number of piperidine rings is 1. The van der Waals surface area contributed by atoms with Crippen LogP contribution in [0.4, 0.5) is 4.39 Å². The first kappa shape index (κ1) is 19.5. The van der Waals surface area contributed by atoms with Gasteiger partial charge in [0.1, 0.15) is 5.82 Å². The SMILES string of the molecule is C[C@@H]1CCC[C@H](C)N1C(=O)[C@@H](C)Sc1nn(-c2ccc(F)cc2)c(=S)s1. The molecular formula is C18H22FN3OS3. The summed E-state index contributed by atoms with van der Waals surface area (Å²) in [7, 11) is 0. The number of thioether (sulfide) groups is 1. The number of benzene rings is 1. The summed E-state index contributed by atoms with van der Waals surface area (Å²) in [5.74, 6) is -0.141. The van der Waals surface area contributed by atoms with Crippen molar-refractivity contribution in [2.75, 3.05) is 0 Å². The van der Waals surface area contributed by atoms with Crippen LogP contribution in [0, 0.1) is 9.77 Å². The van der Waals surface area contributed by atoms with E-state index in [-0.39, 0.29) is 29.1 Å². The lowest BCUT2D eigenvalue weighted by atomic mass is 9.97. The minimum atomic E-state index is -0.297. The number of hydrogen-bond donors (Lipinski definition) is 0. The molecule has 1 aliphatic heterocycles. The average molecular weight is 412 g/mol. The van der Waals surface area contributed by atoms with E-state index in [2.05, 4.69) is 18.9 Å². The second kappa shape index (κ2) is 8.19. The van der Waals surface area contributed by atoms with Gasteiger partial charge in [0.2, 0.25) is 5.91 Å². The maximum absolute atomic E-state index is 13.1. The second-order valence-electron chi connectivity index (χ2n) is 6.66. The molecule has 1 saturated heterocycles. The van der Waals surface area contributed by atoms with Crippen LogP contribution < -0.4 is 0 Å². The van der Waals surface area contributed by atoms with E-state index < -0.39 is 0 Å². The van der Waals surface area contributed by atoms with Crippen LogP contribution in [0.25, 0.3) is 5.69 Å². The highest BCUT2D eigenvalue weighted by Crippen LogP contribution is 2.31. The first-order chi connectivity index (χ1) is 12.4. The van der Waals surface area contributed by atoms with E-state index >= 15 is 0 Å². The first-order valence-electron chi connectivity index (χ1n) is 8.71. The zero-order chi connectivity index (χ0) is 18.8. The first-order valence-corrected chi connectivity index (χ1v) is 10.8. The van der Waals surface area contributed by atoms with Crippen LogP contribution in [0.5, 0.6) is 0 Å². The molecule has 1 aliphatic rings. The van der Waals surface area contributed by atoms with Crippen molar-refractivity contribution < 1.29 is 9.18 Å². The van der Waals surface area contributed by atoms with E-state index in [4.69, 9.17) is 12.2 Å². The Morgan fingerprint density at radius 2 is 1.92 bits per heavy atom. The topological polar surface area (TPSA) is 38.1 Å². The van der Waals surface area contributed by atoms with Crippen LogP contribution in [-0.2, 0) is 4.79 Å². The van der Waals surface area contributed by atoms with Crippen molar-refractivity contribution in [3.05, 3.63) is 34.0 Å². The lowest BCUT2D eigenvalue weighted by Crippen LogP contribution is -2.50. The number of carbonyl (C=O) groups excluding carboxylic acids is 1. The van der Waals surface area contributed by atoms with Gasteiger partial charge >= 0.3 is 0 Å². The molecule has 1 aromatic carbocycles. The Hall–Kier alpha value is -1.25. The molecule has 0 saturated carbocycles. The van der Waals surface area contributed by atoms with Crippen molar-refractivity contribution in [3.63, 3.8) is 0 Å². The van der Waals surface area contributed by atoms with Crippen LogP contribution in [0.1, 0.15) is 40.0 Å². The summed E-state index contributed by atoms with van der Waals surface area (Å²) in [5, 5.41) is 4.29. The third-order valence-corrected chi connectivity index (χ3v) is 7.08. The Morgan fingerprint density at radius 3 is 2.54 bits per heavy atom. The van der Waals surface area contributed by atoms with E-state index in [1.165, 1.54) is 41.7 Å². The van der Waals surface area contributed by atoms with Crippen LogP contribution in [-0.4, -0.2) is 37.9 Å². The molecule has 1 fully saturated rings. The number of rotatable bonds is 4. The number of likely N-dealkylation sites (tertiary alicyclic amines) is 1. The molecule has 2 aromatic rings. The Bertz CT molecular complexity index is 823. The zero-order valence-corrected chi connectivity index (χ0v) is 17.5. The highest BCUT2D eigenvalue weighted by atomic mass is 32.2. The molecule has 3 rings (SSSR count). The quantitative estimate of drug-likeness (QED) is 0.520. The van der Waals surface area contributed by atoms with Gasteiger partial charge in [-0.3, -0.25) is 4.79 Å². The third-order valence-electron chi connectivity index (χ3n) is 4.67. The Kier molecular flexibility index (Phi) is 6.14.